The van der Waals surface area contributed by atoms with Crippen LogP contribution in [0.4, 0.5) is 10.5 Å². The van der Waals surface area contributed by atoms with Gasteiger partial charge < -0.3 is 9.47 Å². The van der Waals surface area contributed by atoms with Gasteiger partial charge in [-0.15, -0.1) is 0 Å². The number of hydrogen-bond donors (Lipinski definition) is 0. The van der Waals surface area contributed by atoms with Gasteiger partial charge in [-0.25, -0.2) is 0 Å². The minimum Gasteiger partial charge on any atom is -0.493 e. The van der Waals surface area contributed by atoms with E-state index in [2.05, 4.69) is 0 Å². The number of nitro groups is 1. The molecule has 0 spiro atoms. The van der Waals surface area contributed by atoms with Crippen LogP contribution in [0.2, 0.25) is 0 Å². The molecule has 1 saturated carbocycles. The Hall–Kier alpha value is -3.33. The second-order valence-corrected chi connectivity index (χ2v) is 9.38. The normalized spacial score (nSPS) is 17.9. The number of benzene rings is 2. The van der Waals surface area contributed by atoms with Gasteiger partial charge >= 0.3 is 0 Å². The van der Waals surface area contributed by atoms with E-state index < -0.39 is 10.8 Å². The van der Waals surface area contributed by atoms with Crippen LogP contribution < -0.4 is 9.47 Å². The van der Waals surface area contributed by atoms with Gasteiger partial charge in [-0.3, -0.25) is 24.6 Å². The molecule has 0 radical (unpaired) electrons. The van der Waals surface area contributed by atoms with Gasteiger partial charge in [-0.05, 0) is 48.2 Å². The number of thioether (sulfide) groups is 1. The van der Waals surface area contributed by atoms with E-state index in [1.165, 1.54) is 36.6 Å². The number of imide groups is 1. The summed E-state index contributed by atoms with van der Waals surface area (Å²) in [5.41, 5.74) is 0.850. The second kappa shape index (κ2) is 10.7. The van der Waals surface area contributed by atoms with Crippen LogP contribution in [0.3, 0.4) is 0 Å². The SMILES string of the molecule is COc1cc(/C=C2/SC(=O)N(CC3CCCCC3)C2=O)c([N+](=O)[O-])cc1OCc1ccccc1. The molecule has 0 atom stereocenters. The van der Waals surface area contributed by atoms with Crippen LogP contribution in [-0.2, 0) is 11.4 Å². The standard InChI is InChI=1S/C25H26N2O6S/c1-32-21-12-19(20(27(30)31)14-22(21)33-16-18-10-6-3-7-11-18)13-23-24(28)26(25(29)34-23)15-17-8-4-2-5-9-17/h3,6-7,10-14,17H,2,4-5,8-9,15-16H2,1H3/b23-13+. The largest absolute Gasteiger partial charge is 0.493 e. The first-order valence-corrected chi connectivity index (χ1v) is 12.1. The van der Waals surface area contributed by atoms with E-state index in [1.807, 2.05) is 30.3 Å². The lowest BCUT2D eigenvalue weighted by atomic mass is 9.89. The number of methoxy groups -OCH3 is 1. The molecule has 1 heterocycles. The van der Waals surface area contributed by atoms with Crippen molar-refractivity contribution in [2.75, 3.05) is 13.7 Å². The quantitative estimate of drug-likeness (QED) is 0.266. The van der Waals surface area contributed by atoms with Crippen molar-refractivity contribution in [3.05, 3.63) is 68.6 Å². The van der Waals surface area contributed by atoms with Crippen molar-refractivity contribution in [1.29, 1.82) is 0 Å². The highest BCUT2D eigenvalue weighted by atomic mass is 32.2. The molecule has 8 nitrogen and oxygen atoms in total. The Morgan fingerprint density at radius 1 is 1.12 bits per heavy atom. The minimum atomic E-state index is -0.535. The Morgan fingerprint density at radius 2 is 1.85 bits per heavy atom. The van der Waals surface area contributed by atoms with E-state index in [0.717, 1.165) is 43.0 Å². The van der Waals surface area contributed by atoms with Crippen molar-refractivity contribution in [3.8, 4) is 11.5 Å². The predicted molar refractivity (Wildman–Crippen MR) is 130 cm³/mol. The van der Waals surface area contributed by atoms with Crippen LogP contribution in [-0.4, -0.2) is 34.6 Å². The average Bonchev–Trinajstić information content (AvgIpc) is 3.11. The zero-order chi connectivity index (χ0) is 24.1. The number of nitro benzene ring substituents is 1. The third kappa shape index (κ3) is 5.41. The minimum absolute atomic E-state index is 0.170. The number of hydrogen-bond acceptors (Lipinski definition) is 7. The highest BCUT2D eigenvalue weighted by molar-refractivity contribution is 8.18. The van der Waals surface area contributed by atoms with E-state index in [-0.39, 0.29) is 33.8 Å². The Labute approximate surface area is 202 Å². The molecule has 1 aliphatic heterocycles. The molecule has 0 aromatic heterocycles. The lowest BCUT2D eigenvalue weighted by Crippen LogP contribution is -2.34. The summed E-state index contributed by atoms with van der Waals surface area (Å²) in [6.45, 7) is 0.618. The van der Waals surface area contributed by atoms with Gasteiger partial charge in [0.1, 0.15) is 6.61 Å². The Morgan fingerprint density at radius 3 is 2.53 bits per heavy atom. The summed E-state index contributed by atoms with van der Waals surface area (Å²) in [7, 11) is 1.44. The summed E-state index contributed by atoms with van der Waals surface area (Å²) in [6.07, 6.45) is 6.83. The number of ether oxygens (including phenoxy) is 2. The first-order valence-electron chi connectivity index (χ1n) is 11.2. The summed E-state index contributed by atoms with van der Waals surface area (Å²) in [5.74, 6) is 0.435. The third-order valence-corrected chi connectivity index (χ3v) is 6.98. The molecule has 2 aromatic carbocycles. The molecule has 2 amide bonds. The summed E-state index contributed by atoms with van der Waals surface area (Å²) < 4.78 is 11.2. The summed E-state index contributed by atoms with van der Waals surface area (Å²) in [5, 5.41) is 11.5. The molecule has 1 saturated heterocycles. The monoisotopic (exact) mass is 482 g/mol. The molecule has 1 aliphatic carbocycles. The fraction of sp³-hybridized carbons (Fsp3) is 0.360. The molecule has 0 unspecified atom stereocenters. The van der Waals surface area contributed by atoms with Crippen LogP contribution in [0.25, 0.3) is 6.08 Å². The van der Waals surface area contributed by atoms with Crippen molar-refractivity contribution >= 4 is 34.7 Å². The number of nitrogens with zero attached hydrogens (tertiary/aromatic N) is 2. The van der Waals surface area contributed by atoms with Crippen LogP contribution in [0.5, 0.6) is 11.5 Å². The van der Waals surface area contributed by atoms with E-state index in [4.69, 9.17) is 9.47 Å². The Bertz CT molecular complexity index is 1110. The molecule has 0 bridgehead atoms. The van der Waals surface area contributed by atoms with Gasteiger partial charge in [-0.2, -0.15) is 0 Å². The Balaban J connectivity index is 1.58. The lowest BCUT2D eigenvalue weighted by molar-refractivity contribution is -0.385. The van der Waals surface area contributed by atoms with E-state index in [9.17, 15) is 19.7 Å². The van der Waals surface area contributed by atoms with Gasteiger partial charge in [0.05, 0.1) is 28.6 Å². The number of carbonyl (C=O) groups excluding carboxylic acids is 2. The lowest BCUT2D eigenvalue weighted by Gasteiger charge is -2.25. The van der Waals surface area contributed by atoms with Crippen molar-refractivity contribution in [3.63, 3.8) is 0 Å². The predicted octanol–water partition coefficient (Wildman–Crippen LogP) is 5.80. The van der Waals surface area contributed by atoms with Gasteiger partial charge in [0.15, 0.2) is 11.5 Å². The number of amides is 2. The molecule has 2 aromatic rings. The zero-order valence-electron chi connectivity index (χ0n) is 18.9. The molecular formula is C25H26N2O6S. The molecule has 2 aliphatic rings. The number of rotatable bonds is 8. The van der Waals surface area contributed by atoms with Crippen molar-refractivity contribution in [2.24, 2.45) is 5.92 Å². The summed E-state index contributed by atoms with van der Waals surface area (Å²) >= 11 is 0.815. The van der Waals surface area contributed by atoms with Crippen molar-refractivity contribution in [1.82, 2.24) is 4.90 Å². The van der Waals surface area contributed by atoms with Gasteiger partial charge in [0.25, 0.3) is 16.8 Å². The molecule has 2 fully saturated rings. The van der Waals surface area contributed by atoms with Crippen LogP contribution >= 0.6 is 11.8 Å². The van der Waals surface area contributed by atoms with Gasteiger partial charge in [-0.1, -0.05) is 49.6 Å². The molecule has 9 heteroatoms. The number of carbonyl (C=O) groups is 2. The van der Waals surface area contributed by atoms with Gasteiger partial charge in [0.2, 0.25) is 0 Å². The highest BCUT2D eigenvalue weighted by Gasteiger charge is 2.37. The van der Waals surface area contributed by atoms with E-state index >= 15 is 0 Å². The molecule has 4 rings (SSSR count). The fourth-order valence-corrected chi connectivity index (χ4v) is 5.11. The molecular weight excluding hydrogens is 456 g/mol. The smallest absolute Gasteiger partial charge is 0.293 e. The first kappa shape index (κ1) is 23.8. The first-order chi connectivity index (χ1) is 16.5. The highest BCUT2D eigenvalue weighted by Crippen LogP contribution is 2.40. The zero-order valence-corrected chi connectivity index (χ0v) is 19.7. The maximum atomic E-state index is 12.9. The molecule has 0 N–H and O–H groups in total. The van der Waals surface area contributed by atoms with Crippen LogP contribution in [0.1, 0.15) is 43.2 Å². The van der Waals surface area contributed by atoms with E-state index in [1.54, 1.807) is 0 Å². The maximum Gasteiger partial charge on any atom is 0.293 e. The average molecular weight is 483 g/mol. The molecule has 178 valence electrons. The molecule has 34 heavy (non-hydrogen) atoms. The van der Waals surface area contributed by atoms with Crippen molar-refractivity contribution < 1.29 is 24.0 Å². The van der Waals surface area contributed by atoms with E-state index in [0.29, 0.717) is 18.2 Å². The van der Waals surface area contributed by atoms with Crippen molar-refractivity contribution in [2.45, 2.75) is 38.7 Å². The van der Waals surface area contributed by atoms with Gasteiger partial charge in [0, 0.05) is 6.54 Å². The maximum absolute atomic E-state index is 12.9. The third-order valence-electron chi connectivity index (χ3n) is 6.07. The Kier molecular flexibility index (Phi) is 7.52. The summed E-state index contributed by atoms with van der Waals surface area (Å²) in [4.78, 5) is 38.2. The summed E-state index contributed by atoms with van der Waals surface area (Å²) in [6, 6.07) is 12.2. The topological polar surface area (TPSA) is 99.0 Å². The van der Waals surface area contributed by atoms with Crippen LogP contribution in [0.15, 0.2) is 47.4 Å². The van der Waals surface area contributed by atoms with Crippen LogP contribution in [0, 0.1) is 16.0 Å². The fourth-order valence-electron chi connectivity index (χ4n) is 4.27. The second-order valence-electron chi connectivity index (χ2n) is 8.39.